The number of hydrogen-bond donors (Lipinski definition) is 3. The molecule has 0 bridgehead atoms. The Labute approximate surface area is 455 Å². The van der Waals surface area contributed by atoms with Gasteiger partial charge in [-0.25, -0.2) is 0 Å². The molecule has 0 aliphatic rings. The second-order valence-electron chi connectivity index (χ2n) is 22.5. The van der Waals surface area contributed by atoms with Crippen LogP contribution in [-0.2, 0) is 14.3 Å². The number of ether oxygens (including phenoxy) is 1. The van der Waals surface area contributed by atoms with Gasteiger partial charge >= 0.3 is 5.97 Å². The molecule has 2 unspecified atom stereocenters. The Balaban J connectivity index is 3.37. The number of allylic oxidation sites excluding steroid dienone is 5. The van der Waals surface area contributed by atoms with Crippen LogP contribution in [0.2, 0.25) is 0 Å². The zero-order valence-electron chi connectivity index (χ0n) is 49.1. The van der Waals surface area contributed by atoms with Crippen molar-refractivity contribution < 1.29 is 24.5 Å². The van der Waals surface area contributed by atoms with Gasteiger partial charge in [-0.2, -0.15) is 0 Å². The summed E-state index contributed by atoms with van der Waals surface area (Å²) in [4.78, 5) is 24.5. The molecule has 0 aromatic carbocycles. The molecule has 0 aromatic heterocycles. The number of carbonyl (C=O) groups is 2. The minimum Gasteiger partial charge on any atom is -0.466 e. The minimum absolute atomic E-state index is 0.00294. The highest BCUT2D eigenvalue weighted by Crippen LogP contribution is 2.18. The first-order valence-electron chi connectivity index (χ1n) is 32.8. The number of carbonyl (C=O) groups excluding carboxylic acids is 2. The van der Waals surface area contributed by atoms with Crippen LogP contribution in [-0.4, -0.2) is 47.4 Å². The fourth-order valence-corrected chi connectivity index (χ4v) is 10.1. The van der Waals surface area contributed by atoms with E-state index in [0.717, 1.165) is 51.4 Å². The van der Waals surface area contributed by atoms with Crippen molar-refractivity contribution >= 4 is 11.9 Å². The topological polar surface area (TPSA) is 95.9 Å². The molecule has 6 nitrogen and oxygen atoms in total. The first kappa shape index (κ1) is 71.1. The second kappa shape index (κ2) is 62.6. The Hall–Kier alpha value is -1.92. The lowest BCUT2D eigenvalue weighted by atomic mass is 10.0. The van der Waals surface area contributed by atoms with Crippen LogP contribution in [0.3, 0.4) is 0 Å². The van der Waals surface area contributed by atoms with Crippen molar-refractivity contribution in [3.63, 3.8) is 0 Å². The number of rotatable bonds is 61. The molecule has 0 aromatic rings. The van der Waals surface area contributed by atoms with Gasteiger partial charge in [0.25, 0.3) is 0 Å². The predicted molar refractivity (Wildman–Crippen MR) is 319 cm³/mol. The van der Waals surface area contributed by atoms with Gasteiger partial charge < -0.3 is 20.3 Å². The largest absolute Gasteiger partial charge is 0.466 e. The average Bonchev–Trinajstić information content (AvgIpc) is 3.39. The molecule has 0 saturated carbocycles. The predicted octanol–water partition coefficient (Wildman–Crippen LogP) is 20.8. The fraction of sp³-hybridized carbons (Fsp3) is 0.881. The third kappa shape index (κ3) is 59.2. The first-order valence-corrected chi connectivity index (χ1v) is 32.8. The highest BCUT2D eigenvalue weighted by atomic mass is 16.5. The Bertz CT molecular complexity index is 1180. The van der Waals surface area contributed by atoms with Crippen molar-refractivity contribution in [3.05, 3.63) is 36.5 Å². The summed E-state index contributed by atoms with van der Waals surface area (Å²) in [5, 5.41) is 23.1. The van der Waals surface area contributed by atoms with Gasteiger partial charge in [0.15, 0.2) is 0 Å². The van der Waals surface area contributed by atoms with E-state index in [1.54, 1.807) is 6.08 Å². The molecule has 1 amide bonds. The molecule has 0 saturated heterocycles. The fourth-order valence-electron chi connectivity index (χ4n) is 10.1. The molecular formula is C67H127NO5. The van der Waals surface area contributed by atoms with E-state index in [1.807, 2.05) is 6.08 Å². The molecule has 0 aliphatic carbocycles. The number of aliphatic hydroxyl groups is 2. The summed E-state index contributed by atoms with van der Waals surface area (Å²) >= 11 is 0. The van der Waals surface area contributed by atoms with Gasteiger partial charge in [0.2, 0.25) is 5.91 Å². The molecule has 0 fully saturated rings. The monoisotopic (exact) mass is 1030 g/mol. The van der Waals surface area contributed by atoms with E-state index in [1.165, 1.54) is 276 Å². The van der Waals surface area contributed by atoms with E-state index in [9.17, 15) is 19.8 Å². The minimum atomic E-state index is -0.843. The molecular weight excluding hydrogens is 899 g/mol. The molecule has 0 heterocycles. The van der Waals surface area contributed by atoms with Crippen LogP contribution < -0.4 is 5.32 Å². The third-order valence-electron chi connectivity index (χ3n) is 15.2. The van der Waals surface area contributed by atoms with Gasteiger partial charge in [0.05, 0.1) is 25.4 Å². The van der Waals surface area contributed by atoms with Gasteiger partial charge in [0, 0.05) is 12.8 Å². The molecule has 430 valence electrons. The van der Waals surface area contributed by atoms with E-state index in [0.29, 0.717) is 19.4 Å². The van der Waals surface area contributed by atoms with Crippen molar-refractivity contribution in [1.29, 1.82) is 0 Å². The first-order chi connectivity index (χ1) is 36.0. The summed E-state index contributed by atoms with van der Waals surface area (Å²) in [7, 11) is 0. The molecule has 6 heteroatoms. The van der Waals surface area contributed by atoms with Crippen molar-refractivity contribution in [1.82, 2.24) is 5.32 Å². The van der Waals surface area contributed by atoms with E-state index < -0.39 is 12.1 Å². The van der Waals surface area contributed by atoms with Crippen molar-refractivity contribution in [3.8, 4) is 0 Å². The summed E-state index contributed by atoms with van der Waals surface area (Å²) in [6, 6.07) is -0.626. The maximum Gasteiger partial charge on any atom is 0.305 e. The van der Waals surface area contributed by atoms with E-state index in [-0.39, 0.29) is 18.5 Å². The summed E-state index contributed by atoms with van der Waals surface area (Å²) < 4.78 is 5.48. The maximum absolute atomic E-state index is 12.5. The average molecular weight is 1030 g/mol. The van der Waals surface area contributed by atoms with Gasteiger partial charge in [-0.1, -0.05) is 314 Å². The molecule has 3 N–H and O–H groups in total. The van der Waals surface area contributed by atoms with Crippen molar-refractivity contribution in [2.75, 3.05) is 13.2 Å². The number of hydrogen-bond acceptors (Lipinski definition) is 5. The smallest absolute Gasteiger partial charge is 0.305 e. The van der Waals surface area contributed by atoms with Crippen LogP contribution in [0.4, 0.5) is 0 Å². The van der Waals surface area contributed by atoms with Gasteiger partial charge in [-0.05, 0) is 64.2 Å². The maximum atomic E-state index is 12.5. The Kier molecular flexibility index (Phi) is 61.0. The number of esters is 1. The lowest BCUT2D eigenvalue weighted by Gasteiger charge is -2.20. The van der Waals surface area contributed by atoms with Crippen molar-refractivity contribution in [2.45, 2.75) is 366 Å². The zero-order valence-corrected chi connectivity index (χ0v) is 49.1. The lowest BCUT2D eigenvalue weighted by molar-refractivity contribution is -0.143. The summed E-state index contributed by atoms with van der Waals surface area (Å²) in [5.41, 5.74) is 0. The van der Waals surface area contributed by atoms with Crippen LogP contribution in [0, 0.1) is 0 Å². The van der Waals surface area contributed by atoms with Gasteiger partial charge in [-0.15, -0.1) is 0 Å². The highest BCUT2D eigenvalue weighted by molar-refractivity contribution is 5.76. The Morgan fingerprint density at radius 2 is 0.685 bits per heavy atom. The molecule has 0 aliphatic heterocycles. The molecule has 73 heavy (non-hydrogen) atoms. The Morgan fingerprint density at radius 1 is 0.384 bits per heavy atom. The van der Waals surface area contributed by atoms with Crippen molar-refractivity contribution in [2.24, 2.45) is 0 Å². The summed E-state index contributed by atoms with van der Waals surface area (Å²) in [5.74, 6) is -0.0613. The van der Waals surface area contributed by atoms with Crippen LogP contribution in [0.25, 0.3) is 0 Å². The molecule has 0 spiro atoms. The van der Waals surface area contributed by atoms with E-state index in [2.05, 4.69) is 43.5 Å². The highest BCUT2D eigenvalue weighted by Gasteiger charge is 2.18. The quantitative estimate of drug-likeness (QED) is 0.0320. The molecule has 0 radical (unpaired) electrons. The van der Waals surface area contributed by atoms with E-state index in [4.69, 9.17) is 4.74 Å². The van der Waals surface area contributed by atoms with Gasteiger partial charge in [0.1, 0.15) is 0 Å². The summed E-state index contributed by atoms with van der Waals surface area (Å²) in [6.07, 6.45) is 79.1. The number of unbranched alkanes of at least 4 members (excludes halogenated alkanes) is 46. The zero-order chi connectivity index (χ0) is 52.9. The van der Waals surface area contributed by atoms with E-state index >= 15 is 0 Å². The standard InChI is InChI=1S/C67H127NO5/c1-3-5-7-9-11-13-15-17-31-35-39-43-47-51-55-59-65(70)64(63-69)68-66(71)60-56-52-48-44-40-36-33-29-27-25-23-21-19-20-22-24-26-28-30-34-38-42-46-50-54-58-62-73-67(72)61-57-53-49-45-41-37-32-18-16-14-12-10-8-6-4-2/h12,14,18,32,55,59,64-65,69-70H,3-11,13,15-17,19-31,33-54,56-58,60-63H2,1-2H3,(H,68,71)/b14-12-,32-18-,59-55+. The number of amides is 1. The second-order valence-corrected chi connectivity index (χ2v) is 22.5. The van der Waals surface area contributed by atoms with Crippen LogP contribution in [0.1, 0.15) is 354 Å². The number of nitrogens with one attached hydrogen (secondary N) is 1. The third-order valence-corrected chi connectivity index (χ3v) is 15.2. The van der Waals surface area contributed by atoms with Crippen LogP contribution >= 0.6 is 0 Å². The normalized spacial score (nSPS) is 12.8. The SMILES string of the molecule is CCCCC/C=C\C/C=C\CCCCCCCC(=O)OCCCCCCCCCCCCCCCCCCCCCCCCCCCCC(=O)NC(CO)C(O)/C=C/CCCCCCCCCCCCCCC. The number of aliphatic hydroxyl groups excluding tert-OH is 2. The van der Waals surface area contributed by atoms with Gasteiger partial charge in [-0.3, -0.25) is 9.59 Å². The Morgan fingerprint density at radius 3 is 1.07 bits per heavy atom. The lowest BCUT2D eigenvalue weighted by Crippen LogP contribution is -2.45. The van der Waals surface area contributed by atoms with Crippen LogP contribution in [0.5, 0.6) is 0 Å². The van der Waals surface area contributed by atoms with Crippen LogP contribution in [0.15, 0.2) is 36.5 Å². The molecule has 2 atom stereocenters. The molecule has 0 rings (SSSR count). The summed E-state index contributed by atoms with van der Waals surface area (Å²) in [6.45, 7) is 4.89.